The Kier molecular flexibility index (Phi) is 7.21. The Hall–Kier alpha value is -3.65. The van der Waals surface area contributed by atoms with Gasteiger partial charge < -0.3 is 9.42 Å². The SMILES string of the molecule is C[C@@H](c1ccccc1)N(CCc1nc(-c2cccc(Cl)c2)no1)C(=O)c1ccc(C(F)(F)F)cc1. The molecule has 0 bridgehead atoms. The number of nitrogens with zero attached hydrogens (tertiary/aromatic N) is 3. The third-order valence-corrected chi connectivity index (χ3v) is 5.82. The first-order chi connectivity index (χ1) is 16.7. The molecule has 1 aromatic heterocycles. The molecule has 0 aliphatic heterocycles. The summed E-state index contributed by atoms with van der Waals surface area (Å²) in [6.45, 7) is 2.08. The van der Waals surface area contributed by atoms with Crippen LogP contribution in [0.1, 0.15) is 40.3 Å². The largest absolute Gasteiger partial charge is 0.416 e. The van der Waals surface area contributed by atoms with Gasteiger partial charge in [0.15, 0.2) is 0 Å². The Labute approximate surface area is 205 Å². The summed E-state index contributed by atoms with van der Waals surface area (Å²) in [5, 5.41) is 4.53. The van der Waals surface area contributed by atoms with Crippen molar-refractivity contribution in [1.29, 1.82) is 0 Å². The monoisotopic (exact) mass is 499 g/mol. The van der Waals surface area contributed by atoms with Crippen LogP contribution in [0.3, 0.4) is 0 Å². The lowest BCUT2D eigenvalue weighted by molar-refractivity contribution is -0.137. The number of aromatic nitrogens is 2. The Balaban J connectivity index is 1.56. The van der Waals surface area contributed by atoms with Crippen molar-refractivity contribution in [2.75, 3.05) is 6.54 Å². The zero-order valence-corrected chi connectivity index (χ0v) is 19.4. The number of rotatable bonds is 7. The van der Waals surface area contributed by atoms with Crippen LogP contribution in [0, 0.1) is 0 Å². The van der Waals surface area contributed by atoms with Gasteiger partial charge in [0.1, 0.15) is 0 Å². The fraction of sp³-hybridized carbons (Fsp3) is 0.192. The summed E-state index contributed by atoms with van der Waals surface area (Å²) in [4.78, 5) is 19.4. The molecule has 1 atom stereocenters. The minimum absolute atomic E-state index is 0.158. The van der Waals surface area contributed by atoms with E-state index in [2.05, 4.69) is 10.1 Å². The average molecular weight is 500 g/mol. The van der Waals surface area contributed by atoms with Crippen molar-refractivity contribution >= 4 is 17.5 Å². The van der Waals surface area contributed by atoms with E-state index >= 15 is 0 Å². The summed E-state index contributed by atoms with van der Waals surface area (Å²) in [6.07, 6.45) is -4.21. The highest BCUT2D eigenvalue weighted by Crippen LogP contribution is 2.30. The second-order valence-corrected chi connectivity index (χ2v) is 8.37. The van der Waals surface area contributed by atoms with Crippen LogP contribution in [-0.4, -0.2) is 27.5 Å². The molecular formula is C26H21ClF3N3O2. The van der Waals surface area contributed by atoms with Gasteiger partial charge in [-0.1, -0.05) is 59.2 Å². The summed E-state index contributed by atoms with van der Waals surface area (Å²) in [5.74, 6) is 0.300. The molecule has 1 heterocycles. The van der Waals surface area contributed by atoms with Gasteiger partial charge >= 0.3 is 6.18 Å². The molecule has 1 amide bonds. The Morgan fingerprint density at radius 3 is 2.40 bits per heavy atom. The van der Waals surface area contributed by atoms with Crippen molar-refractivity contribution in [1.82, 2.24) is 15.0 Å². The number of halogens is 4. The number of benzene rings is 3. The molecule has 0 N–H and O–H groups in total. The zero-order chi connectivity index (χ0) is 25.0. The molecule has 4 aromatic rings. The second-order valence-electron chi connectivity index (χ2n) is 7.93. The zero-order valence-electron chi connectivity index (χ0n) is 18.7. The summed E-state index contributed by atoms with van der Waals surface area (Å²) in [5.41, 5.74) is 0.933. The first-order valence-corrected chi connectivity index (χ1v) is 11.2. The first-order valence-electron chi connectivity index (χ1n) is 10.8. The van der Waals surface area contributed by atoms with E-state index in [1.54, 1.807) is 29.2 Å². The minimum Gasteiger partial charge on any atom is -0.339 e. The predicted octanol–water partition coefficient (Wildman–Crippen LogP) is 6.85. The van der Waals surface area contributed by atoms with E-state index in [0.717, 1.165) is 17.7 Å². The fourth-order valence-electron chi connectivity index (χ4n) is 3.67. The predicted molar refractivity (Wildman–Crippen MR) is 126 cm³/mol. The lowest BCUT2D eigenvalue weighted by Crippen LogP contribution is -2.35. The minimum atomic E-state index is -4.47. The van der Waals surface area contributed by atoms with Crippen LogP contribution >= 0.6 is 11.6 Å². The molecule has 0 saturated heterocycles. The fourth-order valence-corrected chi connectivity index (χ4v) is 3.86. The molecule has 35 heavy (non-hydrogen) atoms. The van der Waals surface area contributed by atoms with Gasteiger partial charge in [-0.3, -0.25) is 4.79 Å². The van der Waals surface area contributed by atoms with Crippen LogP contribution in [0.25, 0.3) is 11.4 Å². The molecule has 180 valence electrons. The number of hydrogen-bond acceptors (Lipinski definition) is 4. The van der Waals surface area contributed by atoms with E-state index in [4.69, 9.17) is 16.1 Å². The van der Waals surface area contributed by atoms with Gasteiger partial charge in [-0.2, -0.15) is 18.2 Å². The van der Waals surface area contributed by atoms with Crippen LogP contribution in [0.2, 0.25) is 5.02 Å². The van der Waals surface area contributed by atoms with Crippen LogP contribution in [-0.2, 0) is 12.6 Å². The molecule has 0 fully saturated rings. The molecule has 0 radical (unpaired) electrons. The molecule has 0 spiro atoms. The van der Waals surface area contributed by atoms with Crippen molar-refractivity contribution in [3.63, 3.8) is 0 Å². The van der Waals surface area contributed by atoms with Crippen molar-refractivity contribution in [2.24, 2.45) is 0 Å². The van der Waals surface area contributed by atoms with Gasteiger partial charge in [0.2, 0.25) is 11.7 Å². The summed E-state index contributed by atoms with van der Waals surface area (Å²) in [7, 11) is 0. The number of hydrogen-bond donors (Lipinski definition) is 0. The van der Waals surface area contributed by atoms with Crippen molar-refractivity contribution in [3.05, 3.63) is 106 Å². The Morgan fingerprint density at radius 1 is 1.03 bits per heavy atom. The second kappa shape index (κ2) is 10.3. The van der Waals surface area contributed by atoms with Gasteiger partial charge in [-0.15, -0.1) is 0 Å². The maximum atomic E-state index is 13.4. The number of carbonyl (C=O) groups excluding carboxylic acids is 1. The molecule has 0 aliphatic rings. The third kappa shape index (κ3) is 5.89. The van der Waals surface area contributed by atoms with Crippen LogP contribution in [0.5, 0.6) is 0 Å². The molecule has 9 heteroatoms. The van der Waals surface area contributed by atoms with Crippen molar-refractivity contribution < 1.29 is 22.5 Å². The Morgan fingerprint density at radius 2 is 1.74 bits per heavy atom. The van der Waals surface area contributed by atoms with E-state index in [0.29, 0.717) is 22.3 Å². The summed E-state index contributed by atoms with van der Waals surface area (Å²) >= 11 is 6.03. The van der Waals surface area contributed by atoms with Crippen molar-refractivity contribution in [3.8, 4) is 11.4 Å². The van der Waals surface area contributed by atoms with E-state index in [-0.39, 0.29) is 24.6 Å². The Bertz CT molecular complexity index is 1290. The average Bonchev–Trinajstić information content (AvgIpc) is 3.33. The van der Waals surface area contributed by atoms with E-state index in [9.17, 15) is 18.0 Å². The lowest BCUT2D eigenvalue weighted by atomic mass is 10.0. The molecule has 0 aliphatic carbocycles. The van der Waals surface area contributed by atoms with Crippen LogP contribution < -0.4 is 0 Å². The molecular weight excluding hydrogens is 479 g/mol. The highest BCUT2D eigenvalue weighted by molar-refractivity contribution is 6.30. The quantitative estimate of drug-likeness (QED) is 0.279. The summed E-state index contributed by atoms with van der Waals surface area (Å²) in [6, 6.07) is 20.3. The topological polar surface area (TPSA) is 59.2 Å². The number of amides is 1. The highest BCUT2D eigenvalue weighted by Gasteiger charge is 2.31. The van der Waals surface area contributed by atoms with E-state index < -0.39 is 17.6 Å². The molecule has 5 nitrogen and oxygen atoms in total. The third-order valence-electron chi connectivity index (χ3n) is 5.59. The standard InChI is InChI=1S/C26H21ClF3N3O2/c1-17(18-6-3-2-4-7-18)33(25(34)19-10-12-21(13-11-19)26(28,29)30)15-14-23-31-24(32-35-23)20-8-5-9-22(27)16-20/h2-13,16-17H,14-15H2,1H3/t17-/m0/s1. The number of carbonyl (C=O) groups is 1. The smallest absolute Gasteiger partial charge is 0.339 e. The van der Waals surface area contributed by atoms with Crippen LogP contribution in [0.4, 0.5) is 13.2 Å². The maximum Gasteiger partial charge on any atom is 0.416 e. The van der Waals surface area contributed by atoms with Gasteiger partial charge in [-0.25, -0.2) is 0 Å². The molecule has 0 saturated carbocycles. The lowest BCUT2D eigenvalue weighted by Gasteiger charge is -2.29. The highest BCUT2D eigenvalue weighted by atomic mass is 35.5. The van der Waals surface area contributed by atoms with Crippen LogP contribution in [0.15, 0.2) is 83.4 Å². The summed E-state index contributed by atoms with van der Waals surface area (Å²) < 4.78 is 44.2. The van der Waals surface area contributed by atoms with Gasteiger partial charge in [0, 0.05) is 29.1 Å². The van der Waals surface area contributed by atoms with E-state index in [1.165, 1.54) is 12.1 Å². The number of alkyl halides is 3. The maximum absolute atomic E-state index is 13.4. The molecule has 3 aromatic carbocycles. The van der Waals surface area contributed by atoms with Gasteiger partial charge in [-0.05, 0) is 48.9 Å². The molecule has 4 rings (SSSR count). The van der Waals surface area contributed by atoms with Gasteiger partial charge in [0.25, 0.3) is 5.91 Å². The van der Waals surface area contributed by atoms with E-state index in [1.807, 2.05) is 37.3 Å². The van der Waals surface area contributed by atoms with Gasteiger partial charge in [0.05, 0.1) is 11.6 Å². The first kappa shape index (κ1) is 24.5. The van der Waals surface area contributed by atoms with Crippen molar-refractivity contribution in [2.45, 2.75) is 25.6 Å². The normalized spacial score (nSPS) is 12.4. The molecule has 0 unspecified atom stereocenters.